The van der Waals surface area contributed by atoms with Crippen LogP contribution in [-0.4, -0.2) is 29.1 Å². The summed E-state index contributed by atoms with van der Waals surface area (Å²) in [6.45, 7) is 7.35. The smallest absolute Gasteiger partial charge is 0.271 e. The van der Waals surface area contributed by atoms with Crippen LogP contribution in [0.15, 0.2) is 69.6 Å². The van der Waals surface area contributed by atoms with Crippen molar-refractivity contribution in [2.45, 2.75) is 33.7 Å². The molecule has 3 heterocycles. The molecule has 2 aromatic carbocycles. The van der Waals surface area contributed by atoms with Gasteiger partial charge in [-0.1, -0.05) is 22.9 Å². The number of Topliss-reactive ketones (excluding diaryl/α,β-unsaturated/α-hetero) is 1. The van der Waals surface area contributed by atoms with Crippen molar-refractivity contribution in [1.82, 2.24) is 9.13 Å². The van der Waals surface area contributed by atoms with Crippen LogP contribution in [0.25, 0.3) is 11.8 Å². The lowest BCUT2D eigenvalue weighted by Gasteiger charge is -2.26. The van der Waals surface area contributed by atoms with Gasteiger partial charge in [-0.2, -0.15) is 0 Å². The van der Waals surface area contributed by atoms with Gasteiger partial charge in [0.05, 0.1) is 24.8 Å². The number of carbonyl (C=O) groups excluding carboxylic acids is 1. The molecule has 0 N–H and O–H groups in total. The maximum absolute atomic E-state index is 14.0. The monoisotopic (exact) mass is 561 g/mol. The molecule has 1 aliphatic heterocycles. The van der Waals surface area contributed by atoms with Gasteiger partial charge in [-0.25, -0.2) is 4.99 Å². The zero-order valence-electron chi connectivity index (χ0n) is 22.5. The molecule has 0 bridgehead atoms. The van der Waals surface area contributed by atoms with E-state index in [-0.39, 0.29) is 11.3 Å². The van der Waals surface area contributed by atoms with E-state index in [4.69, 9.17) is 21.1 Å². The van der Waals surface area contributed by atoms with Crippen LogP contribution in [0, 0.1) is 13.8 Å². The molecule has 200 valence electrons. The van der Waals surface area contributed by atoms with E-state index < -0.39 is 6.04 Å². The van der Waals surface area contributed by atoms with Crippen LogP contribution in [0.3, 0.4) is 0 Å². The number of benzene rings is 2. The first kappa shape index (κ1) is 26.7. The SMILES string of the molecule is COc1ccc(C2C(C(C)=O)=C(C)N=c3s/c(=C/c4cc(C)n(-c5ccc(Cl)cc5)c4C)c(=O)n32)c(OC)c1. The molecular formula is C30H28ClN3O4S. The third kappa shape index (κ3) is 4.64. The molecule has 0 spiro atoms. The molecule has 1 unspecified atom stereocenters. The lowest BCUT2D eigenvalue weighted by Crippen LogP contribution is -2.39. The van der Waals surface area contributed by atoms with E-state index in [1.807, 2.05) is 50.3 Å². The quantitative estimate of drug-likeness (QED) is 0.335. The normalized spacial score (nSPS) is 15.3. The van der Waals surface area contributed by atoms with Gasteiger partial charge in [0.25, 0.3) is 5.56 Å². The molecular weight excluding hydrogens is 534 g/mol. The first-order valence-electron chi connectivity index (χ1n) is 12.3. The van der Waals surface area contributed by atoms with Gasteiger partial charge >= 0.3 is 0 Å². The topological polar surface area (TPSA) is 74.8 Å². The fourth-order valence-electron chi connectivity index (χ4n) is 5.17. The molecule has 39 heavy (non-hydrogen) atoms. The number of carbonyl (C=O) groups is 1. The summed E-state index contributed by atoms with van der Waals surface area (Å²) >= 11 is 7.40. The van der Waals surface area contributed by atoms with Gasteiger partial charge in [-0.3, -0.25) is 14.2 Å². The van der Waals surface area contributed by atoms with Gasteiger partial charge in [-0.05, 0) is 81.8 Å². The maximum Gasteiger partial charge on any atom is 0.271 e. The van der Waals surface area contributed by atoms with Gasteiger partial charge in [0.1, 0.15) is 11.5 Å². The maximum atomic E-state index is 14.0. The Bertz CT molecular complexity index is 1830. The van der Waals surface area contributed by atoms with E-state index in [0.29, 0.717) is 42.7 Å². The van der Waals surface area contributed by atoms with Crippen molar-refractivity contribution in [2.24, 2.45) is 4.99 Å². The van der Waals surface area contributed by atoms with Crippen LogP contribution in [0.2, 0.25) is 5.02 Å². The number of halogens is 1. The number of allylic oxidation sites excluding steroid dienone is 2. The van der Waals surface area contributed by atoms with Crippen molar-refractivity contribution in [1.29, 1.82) is 0 Å². The van der Waals surface area contributed by atoms with E-state index in [2.05, 4.69) is 15.6 Å². The molecule has 2 aromatic heterocycles. The second kappa shape index (κ2) is 10.4. The summed E-state index contributed by atoms with van der Waals surface area (Å²) in [4.78, 5) is 32.0. The molecule has 7 nitrogen and oxygen atoms in total. The highest BCUT2D eigenvalue weighted by molar-refractivity contribution is 7.07. The van der Waals surface area contributed by atoms with Gasteiger partial charge in [-0.15, -0.1) is 0 Å². The molecule has 1 atom stereocenters. The molecule has 4 aromatic rings. The molecule has 5 rings (SSSR count). The average Bonchev–Trinajstić information content (AvgIpc) is 3.37. The standard InChI is InChI=1S/C30H28ClN3O4S/c1-16-13-20(18(3)33(16)22-9-7-21(31)8-10-22)14-26-29(36)34-28(24-12-11-23(37-5)15-25(24)38-6)27(19(4)35)17(2)32-30(34)39-26/h7-15,28H,1-6H3/b26-14+. The Morgan fingerprint density at radius 2 is 1.77 bits per heavy atom. The van der Waals surface area contributed by atoms with Crippen molar-refractivity contribution in [3.63, 3.8) is 0 Å². The van der Waals surface area contributed by atoms with Gasteiger partial charge in [0.2, 0.25) is 0 Å². The summed E-state index contributed by atoms with van der Waals surface area (Å²) in [6, 6.07) is 14.4. The van der Waals surface area contributed by atoms with Crippen LogP contribution in [0.5, 0.6) is 11.5 Å². The predicted octanol–water partition coefficient (Wildman–Crippen LogP) is 4.90. The Hall–Kier alpha value is -3.88. The fraction of sp³-hybridized carbons (Fsp3) is 0.233. The Kier molecular flexibility index (Phi) is 7.09. The molecule has 9 heteroatoms. The minimum absolute atomic E-state index is 0.153. The van der Waals surface area contributed by atoms with Crippen LogP contribution in [0.1, 0.15) is 42.4 Å². The Morgan fingerprint density at radius 1 is 1.05 bits per heavy atom. The highest BCUT2D eigenvalue weighted by Crippen LogP contribution is 2.37. The molecule has 0 amide bonds. The van der Waals surface area contributed by atoms with Crippen molar-refractivity contribution in [2.75, 3.05) is 14.2 Å². The van der Waals surface area contributed by atoms with E-state index in [9.17, 15) is 9.59 Å². The number of aryl methyl sites for hydroxylation is 1. The Morgan fingerprint density at radius 3 is 2.41 bits per heavy atom. The summed E-state index contributed by atoms with van der Waals surface area (Å²) in [5, 5.41) is 0.672. The van der Waals surface area contributed by atoms with E-state index in [1.54, 1.807) is 37.8 Å². The molecule has 0 radical (unpaired) electrons. The number of hydrogen-bond acceptors (Lipinski definition) is 6. The first-order valence-corrected chi connectivity index (χ1v) is 13.5. The van der Waals surface area contributed by atoms with Gasteiger partial charge < -0.3 is 14.0 Å². The van der Waals surface area contributed by atoms with Gasteiger partial charge in [0.15, 0.2) is 10.6 Å². The zero-order valence-corrected chi connectivity index (χ0v) is 24.1. The summed E-state index contributed by atoms with van der Waals surface area (Å²) in [6.07, 6.45) is 1.90. The van der Waals surface area contributed by atoms with Crippen LogP contribution in [0.4, 0.5) is 0 Å². The Labute approximate surface area is 234 Å². The lowest BCUT2D eigenvalue weighted by atomic mass is 9.92. The highest BCUT2D eigenvalue weighted by Gasteiger charge is 2.32. The van der Waals surface area contributed by atoms with Crippen LogP contribution < -0.4 is 24.4 Å². The highest BCUT2D eigenvalue weighted by atomic mass is 35.5. The number of nitrogens with zero attached hydrogens (tertiary/aromatic N) is 3. The number of rotatable bonds is 6. The molecule has 1 aliphatic rings. The summed E-state index contributed by atoms with van der Waals surface area (Å²) in [7, 11) is 3.13. The van der Waals surface area contributed by atoms with Crippen LogP contribution in [-0.2, 0) is 4.79 Å². The summed E-state index contributed by atoms with van der Waals surface area (Å²) in [5.74, 6) is 0.984. The fourth-order valence-corrected chi connectivity index (χ4v) is 6.34. The number of fused-ring (bicyclic) bond motifs is 1. The lowest BCUT2D eigenvalue weighted by molar-refractivity contribution is -0.114. The molecule has 0 aliphatic carbocycles. The second-order valence-electron chi connectivity index (χ2n) is 9.38. The summed E-state index contributed by atoms with van der Waals surface area (Å²) < 4.78 is 15.3. The average molecular weight is 562 g/mol. The number of thiazole rings is 1. The third-order valence-electron chi connectivity index (χ3n) is 6.98. The number of hydrogen-bond donors (Lipinski definition) is 0. The van der Waals surface area contributed by atoms with Crippen molar-refractivity contribution >= 4 is 34.8 Å². The number of aromatic nitrogens is 2. The molecule has 0 saturated carbocycles. The number of ketones is 1. The van der Waals surface area contributed by atoms with E-state index in [1.165, 1.54) is 18.3 Å². The van der Waals surface area contributed by atoms with E-state index in [0.717, 1.165) is 22.6 Å². The van der Waals surface area contributed by atoms with Crippen LogP contribution >= 0.6 is 22.9 Å². The van der Waals surface area contributed by atoms with Gasteiger partial charge in [0, 0.05) is 45.0 Å². The zero-order chi connectivity index (χ0) is 28.0. The van der Waals surface area contributed by atoms with E-state index >= 15 is 0 Å². The Balaban J connectivity index is 1.71. The van der Waals surface area contributed by atoms with Crippen molar-refractivity contribution in [3.05, 3.63) is 107 Å². The first-order chi connectivity index (χ1) is 18.6. The van der Waals surface area contributed by atoms with Crippen molar-refractivity contribution in [3.8, 4) is 17.2 Å². The predicted molar refractivity (Wildman–Crippen MR) is 154 cm³/mol. The molecule has 0 fully saturated rings. The minimum Gasteiger partial charge on any atom is -0.497 e. The van der Waals surface area contributed by atoms with Crippen molar-refractivity contribution < 1.29 is 14.3 Å². The number of ether oxygens (including phenoxy) is 2. The second-order valence-corrected chi connectivity index (χ2v) is 10.8. The summed E-state index contributed by atoms with van der Waals surface area (Å²) in [5.41, 5.74) is 5.45. The number of methoxy groups -OCH3 is 2. The minimum atomic E-state index is -0.678. The molecule has 0 saturated heterocycles. The third-order valence-corrected chi connectivity index (χ3v) is 8.21. The largest absolute Gasteiger partial charge is 0.497 e.